The van der Waals surface area contributed by atoms with Crippen molar-refractivity contribution in [2.24, 2.45) is 0 Å². The molecule has 2 aromatic rings. The van der Waals surface area contributed by atoms with Gasteiger partial charge in [-0.25, -0.2) is 0 Å². The van der Waals surface area contributed by atoms with E-state index >= 15 is 0 Å². The molecule has 0 radical (unpaired) electrons. The summed E-state index contributed by atoms with van der Waals surface area (Å²) in [6, 6.07) is 7.75. The number of aliphatic hydroxyl groups is 1. The van der Waals surface area contributed by atoms with Crippen LogP contribution in [0.5, 0.6) is 34.5 Å². The maximum Gasteiger partial charge on any atom is 0.231 e. The molecule has 0 unspecified atom stereocenters. The zero-order valence-corrected chi connectivity index (χ0v) is 15.7. The van der Waals surface area contributed by atoms with Crippen LogP contribution in [0.1, 0.15) is 11.1 Å². The second-order valence-electron chi connectivity index (χ2n) is 5.93. The average Bonchev–Trinajstić information content (AvgIpc) is 3.18. The van der Waals surface area contributed by atoms with Crippen LogP contribution in [0.25, 0.3) is 0 Å². The van der Waals surface area contributed by atoms with Gasteiger partial charge in [-0.2, -0.15) is 0 Å². The smallest absolute Gasteiger partial charge is 0.231 e. The van der Waals surface area contributed by atoms with Crippen LogP contribution in [-0.2, 0) is 12.8 Å². The second-order valence-corrected chi connectivity index (χ2v) is 5.93. The van der Waals surface area contributed by atoms with Crippen molar-refractivity contribution < 1.29 is 33.5 Å². The predicted octanol–water partition coefficient (Wildman–Crippen LogP) is 2.60. The summed E-state index contributed by atoms with van der Waals surface area (Å²) >= 11 is 0. The highest BCUT2D eigenvalue weighted by atomic mass is 16.7. The molecule has 1 aliphatic rings. The number of hydrogen-bond donors (Lipinski definition) is 1. The first-order chi connectivity index (χ1) is 13.2. The lowest BCUT2D eigenvalue weighted by Crippen LogP contribution is -2.03. The van der Waals surface area contributed by atoms with Crippen LogP contribution < -0.4 is 28.4 Å². The van der Waals surface area contributed by atoms with Crippen LogP contribution in [0.3, 0.4) is 0 Å². The first-order valence-corrected chi connectivity index (χ1v) is 8.65. The number of ether oxygens (including phenoxy) is 6. The van der Waals surface area contributed by atoms with Crippen molar-refractivity contribution in [2.75, 3.05) is 41.3 Å². The first kappa shape index (κ1) is 19.0. The maximum atomic E-state index is 9.01. The van der Waals surface area contributed by atoms with Crippen molar-refractivity contribution in [2.45, 2.75) is 12.8 Å². The Morgan fingerprint density at radius 1 is 0.852 bits per heavy atom. The largest absolute Gasteiger partial charge is 0.493 e. The Morgan fingerprint density at radius 2 is 1.48 bits per heavy atom. The minimum absolute atomic E-state index is 0.0642. The van der Waals surface area contributed by atoms with Gasteiger partial charge >= 0.3 is 0 Å². The van der Waals surface area contributed by atoms with Crippen LogP contribution in [0.4, 0.5) is 0 Å². The third-order valence-electron chi connectivity index (χ3n) is 4.27. The third-order valence-corrected chi connectivity index (χ3v) is 4.27. The Morgan fingerprint density at radius 3 is 2.07 bits per heavy atom. The summed E-state index contributed by atoms with van der Waals surface area (Å²) in [6.07, 6.45) is 1.51. The van der Waals surface area contributed by atoms with Crippen molar-refractivity contribution in [1.82, 2.24) is 0 Å². The van der Waals surface area contributed by atoms with Gasteiger partial charge in [0.05, 0.1) is 27.9 Å². The molecule has 7 nitrogen and oxygen atoms in total. The van der Waals surface area contributed by atoms with Gasteiger partial charge in [0.25, 0.3) is 0 Å². The molecule has 1 N–H and O–H groups in total. The fourth-order valence-corrected chi connectivity index (χ4v) is 3.01. The second kappa shape index (κ2) is 8.73. The van der Waals surface area contributed by atoms with Gasteiger partial charge in [-0.1, -0.05) is 0 Å². The van der Waals surface area contributed by atoms with Gasteiger partial charge in [-0.3, -0.25) is 0 Å². The van der Waals surface area contributed by atoms with Crippen LogP contribution in [0, 0.1) is 0 Å². The minimum atomic E-state index is -0.0642. The fraction of sp³-hybridized carbons (Fsp3) is 0.400. The van der Waals surface area contributed by atoms with Crippen LogP contribution in [0.2, 0.25) is 0 Å². The van der Waals surface area contributed by atoms with E-state index in [1.807, 2.05) is 24.3 Å². The number of hydrogen-bond acceptors (Lipinski definition) is 7. The molecular weight excluding hydrogens is 352 g/mol. The molecule has 146 valence electrons. The molecule has 0 atom stereocenters. The number of fused-ring (bicyclic) bond motifs is 1. The number of aliphatic hydroxyl groups excluding tert-OH is 1. The molecular formula is C20H24O7. The molecule has 0 saturated heterocycles. The maximum absolute atomic E-state index is 9.01. The lowest BCUT2D eigenvalue weighted by Gasteiger charge is -2.14. The minimum Gasteiger partial charge on any atom is -0.493 e. The summed E-state index contributed by atoms with van der Waals surface area (Å²) in [5.41, 5.74) is 2.10. The number of benzene rings is 2. The molecule has 1 aliphatic heterocycles. The first-order valence-electron chi connectivity index (χ1n) is 8.65. The van der Waals surface area contributed by atoms with E-state index in [1.165, 1.54) is 0 Å². The summed E-state index contributed by atoms with van der Waals surface area (Å²) in [7, 11) is 4.79. The molecule has 1 heterocycles. The van der Waals surface area contributed by atoms with Crippen molar-refractivity contribution >= 4 is 0 Å². The van der Waals surface area contributed by atoms with Crippen molar-refractivity contribution in [1.29, 1.82) is 0 Å². The summed E-state index contributed by atoms with van der Waals surface area (Å²) in [6.45, 7) is 0.304. The lowest BCUT2D eigenvalue weighted by atomic mass is 10.0. The monoisotopic (exact) mass is 376 g/mol. The summed E-state index contributed by atoms with van der Waals surface area (Å²) < 4.78 is 32.7. The Bertz CT molecular complexity index is 763. The zero-order valence-electron chi connectivity index (χ0n) is 15.7. The Labute approximate surface area is 158 Å². The summed E-state index contributed by atoms with van der Waals surface area (Å²) in [5, 5.41) is 9.01. The molecule has 0 bridgehead atoms. The van der Waals surface area contributed by atoms with Gasteiger partial charge < -0.3 is 33.5 Å². The molecule has 0 saturated carbocycles. The molecule has 0 aromatic heterocycles. The molecule has 7 heteroatoms. The van der Waals surface area contributed by atoms with Crippen molar-refractivity contribution in [3.8, 4) is 34.5 Å². The number of rotatable bonds is 9. The topological polar surface area (TPSA) is 75.6 Å². The quantitative estimate of drug-likeness (QED) is 0.721. The highest BCUT2D eigenvalue weighted by Gasteiger charge is 2.21. The van der Waals surface area contributed by atoms with Gasteiger partial charge in [0.1, 0.15) is 6.61 Å². The van der Waals surface area contributed by atoms with Crippen LogP contribution in [0.15, 0.2) is 24.3 Å². The van der Waals surface area contributed by atoms with E-state index in [0.717, 1.165) is 24.0 Å². The van der Waals surface area contributed by atoms with Crippen LogP contribution >= 0.6 is 0 Å². The van der Waals surface area contributed by atoms with E-state index in [1.54, 1.807) is 21.3 Å². The van der Waals surface area contributed by atoms with E-state index in [9.17, 15) is 0 Å². The molecule has 0 amide bonds. The molecule has 0 fully saturated rings. The molecule has 2 aromatic carbocycles. The van der Waals surface area contributed by atoms with Gasteiger partial charge in [-0.15, -0.1) is 0 Å². The summed E-state index contributed by atoms with van der Waals surface area (Å²) in [4.78, 5) is 0. The van der Waals surface area contributed by atoms with E-state index in [4.69, 9.17) is 33.5 Å². The number of methoxy groups -OCH3 is 3. The highest BCUT2D eigenvalue weighted by Crippen LogP contribution is 2.42. The van der Waals surface area contributed by atoms with Gasteiger partial charge in [-0.05, 0) is 48.2 Å². The van der Waals surface area contributed by atoms with Gasteiger partial charge in [0, 0.05) is 0 Å². The van der Waals surface area contributed by atoms with E-state index in [2.05, 4.69) is 0 Å². The van der Waals surface area contributed by atoms with Gasteiger partial charge in [0.2, 0.25) is 18.3 Å². The molecule has 3 rings (SSSR count). The standard InChI is InChI=1S/C20H24O7/c1-22-15-8-13(9-16(23-2)19(15)24-3)4-5-14-10-17(25-7-6-21)20-18(11-14)26-12-27-20/h8-11,21H,4-7,12H2,1-3H3. The van der Waals surface area contributed by atoms with Crippen molar-refractivity contribution in [3.63, 3.8) is 0 Å². The van der Waals surface area contributed by atoms with E-state index < -0.39 is 0 Å². The number of aryl methyl sites for hydroxylation is 2. The normalized spacial score (nSPS) is 12.0. The Balaban J connectivity index is 1.80. The zero-order chi connectivity index (χ0) is 19.2. The van der Waals surface area contributed by atoms with Gasteiger partial charge in [0.15, 0.2) is 23.0 Å². The molecule has 0 aliphatic carbocycles. The van der Waals surface area contributed by atoms with E-state index in [0.29, 0.717) is 34.5 Å². The van der Waals surface area contributed by atoms with Crippen molar-refractivity contribution in [3.05, 3.63) is 35.4 Å². The molecule has 27 heavy (non-hydrogen) atoms. The lowest BCUT2D eigenvalue weighted by molar-refractivity contribution is 0.164. The van der Waals surface area contributed by atoms with Crippen LogP contribution in [-0.4, -0.2) is 46.4 Å². The predicted molar refractivity (Wildman–Crippen MR) is 98.7 cm³/mol. The third kappa shape index (κ3) is 4.14. The Kier molecular flexibility index (Phi) is 6.13. The van der Waals surface area contributed by atoms with E-state index in [-0.39, 0.29) is 20.0 Å². The highest BCUT2D eigenvalue weighted by molar-refractivity contribution is 5.56. The average molecular weight is 376 g/mol. The Hall–Kier alpha value is -2.80. The molecule has 0 spiro atoms. The SMILES string of the molecule is COc1cc(CCc2cc(OCCO)c3c(c2)OCO3)cc(OC)c1OC. The summed E-state index contributed by atoms with van der Waals surface area (Å²) in [5.74, 6) is 3.66. The fourth-order valence-electron chi connectivity index (χ4n) is 3.01.